The molecule has 0 aromatic carbocycles. The summed E-state index contributed by atoms with van der Waals surface area (Å²) in [6.45, 7) is 9.30. The number of allylic oxidation sites excluding steroid dienone is 8. The monoisotopic (exact) mass is 332 g/mol. The van der Waals surface area contributed by atoms with Gasteiger partial charge < -0.3 is 0 Å². The summed E-state index contributed by atoms with van der Waals surface area (Å²) >= 11 is -0.544. The van der Waals surface area contributed by atoms with Crippen molar-refractivity contribution in [3.63, 3.8) is 0 Å². The van der Waals surface area contributed by atoms with Crippen LogP contribution in [0.2, 0.25) is 0 Å². The maximum absolute atomic E-state index is 2.56. The summed E-state index contributed by atoms with van der Waals surface area (Å²) in [5.74, 6) is 0. The molecule has 0 heterocycles. The van der Waals surface area contributed by atoms with E-state index in [-0.39, 0.29) is 0 Å². The van der Waals surface area contributed by atoms with Crippen LogP contribution in [0.5, 0.6) is 0 Å². The molecule has 0 aliphatic heterocycles. The molecule has 0 aromatic rings. The van der Waals surface area contributed by atoms with Gasteiger partial charge in [0.2, 0.25) is 0 Å². The van der Waals surface area contributed by atoms with Crippen LogP contribution in [0.3, 0.4) is 0 Å². The van der Waals surface area contributed by atoms with Crippen LogP contribution in [0.4, 0.5) is 0 Å². The Morgan fingerprint density at radius 3 is 1.47 bits per heavy atom. The molecule has 0 N–H and O–H groups in total. The predicted octanol–water partition coefficient (Wildman–Crippen LogP) is 5.88. The molecular formula is C18H26Zr. The van der Waals surface area contributed by atoms with Crippen molar-refractivity contribution in [1.29, 1.82) is 0 Å². The first-order valence-corrected chi connectivity index (χ1v) is 10.3. The first kappa shape index (κ1) is 15.2. The third kappa shape index (κ3) is 3.13. The van der Waals surface area contributed by atoms with Crippen LogP contribution in [0.15, 0.2) is 41.0 Å². The predicted molar refractivity (Wildman–Crippen MR) is 80.6 cm³/mol. The second-order valence-corrected chi connectivity index (χ2v) is 8.61. The summed E-state index contributed by atoms with van der Waals surface area (Å²) in [7, 11) is 0. The van der Waals surface area contributed by atoms with Crippen LogP contribution in [0, 0.1) is 0 Å². The van der Waals surface area contributed by atoms with E-state index in [1.807, 2.05) is 0 Å². The van der Waals surface area contributed by atoms with E-state index in [1.165, 1.54) is 38.5 Å². The molecular weight excluding hydrogens is 307 g/mol. The molecule has 0 bridgehead atoms. The quantitative estimate of drug-likeness (QED) is 0.569. The van der Waals surface area contributed by atoms with E-state index in [0.29, 0.717) is 0 Å². The van der Waals surface area contributed by atoms with Crippen molar-refractivity contribution in [3.05, 3.63) is 41.0 Å². The molecule has 0 saturated carbocycles. The molecule has 0 radical (unpaired) electrons. The van der Waals surface area contributed by atoms with Crippen molar-refractivity contribution in [1.82, 2.24) is 0 Å². The molecule has 2 aliphatic carbocycles. The van der Waals surface area contributed by atoms with Crippen LogP contribution in [0.25, 0.3) is 0 Å². The SMILES string of the molecule is CCC1=C(CC)[C]([Zr][C]2=CCC(CC)=C2CC)=CC1. The number of hydrogen-bond acceptors (Lipinski definition) is 0. The van der Waals surface area contributed by atoms with E-state index < -0.39 is 23.2 Å². The maximum atomic E-state index is 2.56. The Kier molecular flexibility index (Phi) is 5.63. The van der Waals surface area contributed by atoms with Gasteiger partial charge >= 0.3 is 130 Å². The molecule has 0 spiro atoms. The second kappa shape index (κ2) is 7.03. The van der Waals surface area contributed by atoms with E-state index in [2.05, 4.69) is 39.8 Å². The Morgan fingerprint density at radius 1 is 0.737 bits per heavy atom. The van der Waals surface area contributed by atoms with E-state index in [1.54, 1.807) is 28.9 Å². The molecule has 102 valence electrons. The standard InChI is InChI=1S/2C9H13.Zr/c2*1-3-8-6-5-7-9(8)4-2;/h2*5H,3-4,6H2,1-2H3;. The average Bonchev–Trinajstić information content (AvgIpc) is 3.01. The zero-order chi connectivity index (χ0) is 13.8. The molecule has 2 rings (SSSR count). The normalized spacial score (nSPS) is 19.2. The molecule has 0 amide bonds. The third-order valence-electron chi connectivity index (χ3n) is 4.44. The van der Waals surface area contributed by atoms with Crippen LogP contribution >= 0.6 is 0 Å². The van der Waals surface area contributed by atoms with Gasteiger partial charge in [0, 0.05) is 0 Å². The van der Waals surface area contributed by atoms with Gasteiger partial charge in [0.05, 0.1) is 0 Å². The van der Waals surface area contributed by atoms with Crippen molar-refractivity contribution in [2.45, 2.75) is 66.2 Å². The average molecular weight is 334 g/mol. The van der Waals surface area contributed by atoms with Crippen molar-refractivity contribution in [3.8, 4) is 0 Å². The molecule has 0 fully saturated rings. The van der Waals surface area contributed by atoms with Gasteiger partial charge in [-0.25, -0.2) is 0 Å². The first-order chi connectivity index (χ1) is 9.24. The third-order valence-corrected chi connectivity index (χ3v) is 8.25. The first-order valence-electron chi connectivity index (χ1n) is 7.84. The zero-order valence-electron chi connectivity index (χ0n) is 12.9. The van der Waals surface area contributed by atoms with Gasteiger partial charge in [0.25, 0.3) is 0 Å². The molecule has 0 saturated heterocycles. The van der Waals surface area contributed by atoms with Crippen LogP contribution in [0.1, 0.15) is 66.2 Å². The Bertz CT molecular complexity index is 428. The fourth-order valence-corrected chi connectivity index (χ4v) is 7.52. The molecule has 19 heavy (non-hydrogen) atoms. The molecule has 0 nitrogen and oxygen atoms in total. The van der Waals surface area contributed by atoms with Gasteiger partial charge in [-0.1, -0.05) is 0 Å². The van der Waals surface area contributed by atoms with Gasteiger partial charge in [-0.15, -0.1) is 0 Å². The van der Waals surface area contributed by atoms with Crippen molar-refractivity contribution < 1.29 is 23.2 Å². The summed E-state index contributed by atoms with van der Waals surface area (Å²) in [6, 6.07) is 0. The van der Waals surface area contributed by atoms with E-state index in [9.17, 15) is 0 Å². The number of hydrogen-bond donors (Lipinski definition) is 0. The molecule has 0 atom stereocenters. The van der Waals surface area contributed by atoms with Crippen molar-refractivity contribution in [2.24, 2.45) is 0 Å². The van der Waals surface area contributed by atoms with E-state index >= 15 is 0 Å². The molecule has 2 aliphatic rings. The molecule has 0 unspecified atom stereocenters. The second-order valence-electron chi connectivity index (χ2n) is 5.35. The number of rotatable bonds is 6. The molecule has 0 aromatic heterocycles. The van der Waals surface area contributed by atoms with Crippen molar-refractivity contribution in [2.75, 3.05) is 0 Å². The molecule has 1 heteroatoms. The van der Waals surface area contributed by atoms with Gasteiger partial charge in [0.15, 0.2) is 0 Å². The van der Waals surface area contributed by atoms with Crippen LogP contribution < -0.4 is 0 Å². The summed E-state index contributed by atoms with van der Waals surface area (Å²) in [5, 5.41) is 0. The van der Waals surface area contributed by atoms with Gasteiger partial charge in [-0.3, -0.25) is 0 Å². The summed E-state index contributed by atoms with van der Waals surface area (Å²) < 4.78 is 3.58. The Balaban J connectivity index is 2.16. The van der Waals surface area contributed by atoms with E-state index in [4.69, 9.17) is 0 Å². The minimum atomic E-state index is -0.544. The fraction of sp³-hybridized carbons (Fsp3) is 0.556. The Labute approximate surface area is 130 Å². The van der Waals surface area contributed by atoms with Crippen LogP contribution in [-0.2, 0) is 23.2 Å². The summed E-state index contributed by atoms with van der Waals surface area (Å²) in [5.41, 5.74) is 6.90. The fourth-order valence-electron chi connectivity index (χ4n) is 3.32. The summed E-state index contributed by atoms with van der Waals surface area (Å²) in [4.78, 5) is 0. The minimum absolute atomic E-state index is 0.544. The van der Waals surface area contributed by atoms with Crippen molar-refractivity contribution >= 4 is 0 Å². The van der Waals surface area contributed by atoms with Gasteiger partial charge in [0.1, 0.15) is 0 Å². The zero-order valence-corrected chi connectivity index (χ0v) is 15.4. The summed E-state index contributed by atoms with van der Waals surface area (Å²) in [6.07, 6.45) is 12.6. The van der Waals surface area contributed by atoms with Gasteiger partial charge in [-0.2, -0.15) is 0 Å². The Hall–Kier alpha value is -0.157. The Morgan fingerprint density at radius 2 is 1.16 bits per heavy atom. The van der Waals surface area contributed by atoms with E-state index in [0.717, 1.165) is 0 Å². The van der Waals surface area contributed by atoms with Crippen LogP contribution in [-0.4, -0.2) is 0 Å². The topological polar surface area (TPSA) is 0 Å². The van der Waals surface area contributed by atoms with Gasteiger partial charge in [-0.05, 0) is 0 Å².